The molecule has 0 atom stereocenters. The maximum absolute atomic E-state index is 14.4. The number of nitrogens with zero attached hydrogens (tertiary/aromatic N) is 1. The smallest absolute Gasteiger partial charge is 0.240 e. The van der Waals surface area contributed by atoms with Crippen molar-refractivity contribution in [3.05, 3.63) is 53.8 Å². The van der Waals surface area contributed by atoms with Gasteiger partial charge in [-0.05, 0) is 23.8 Å². The Morgan fingerprint density at radius 3 is 2.68 bits per heavy atom. The lowest BCUT2D eigenvalue weighted by Gasteiger charge is -2.13. The molecule has 0 aliphatic carbocycles. The van der Waals surface area contributed by atoms with E-state index in [1.54, 1.807) is 19.2 Å². The number of nitrogens with one attached hydrogen (secondary N) is 1. The Labute approximate surface area is 127 Å². The molecule has 1 aliphatic heterocycles. The predicted molar refractivity (Wildman–Crippen MR) is 82.3 cm³/mol. The molecule has 1 aliphatic rings. The quantitative estimate of drug-likeness (QED) is 0.946. The van der Waals surface area contributed by atoms with Gasteiger partial charge in [0.2, 0.25) is 5.91 Å². The third-order valence-electron chi connectivity index (χ3n) is 3.59. The number of carbonyl (C=O) groups is 1. The molecule has 0 saturated heterocycles. The highest BCUT2D eigenvalue weighted by Crippen LogP contribution is 2.27. The second kappa shape index (κ2) is 5.97. The first-order chi connectivity index (χ1) is 10.7. The summed E-state index contributed by atoms with van der Waals surface area (Å²) in [6.07, 6.45) is 0.891. The van der Waals surface area contributed by atoms with Crippen LogP contribution < -0.4 is 10.2 Å². The Balaban J connectivity index is 1.94. The zero-order valence-corrected chi connectivity index (χ0v) is 12.1. The van der Waals surface area contributed by atoms with Crippen LogP contribution in [0.3, 0.4) is 0 Å². The van der Waals surface area contributed by atoms with Crippen LogP contribution in [0.2, 0.25) is 0 Å². The van der Waals surface area contributed by atoms with Crippen molar-refractivity contribution in [3.63, 3.8) is 0 Å². The van der Waals surface area contributed by atoms with E-state index in [0.29, 0.717) is 35.4 Å². The van der Waals surface area contributed by atoms with E-state index in [4.69, 9.17) is 4.74 Å². The summed E-state index contributed by atoms with van der Waals surface area (Å²) in [7, 11) is 1.58. The number of hydrazone groups is 1. The second-order valence-corrected chi connectivity index (χ2v) is 5.02. The summed E-state index contributed by atoms with van der Waals surface area (Å²) in [5, 5.41) is 3.98. The lowest BCUT2D eigenvalue weighted by Crippen LogP contribution is -2.25. The van der Waals surface area contributed by atoms with Crippen LogP contribution in [0, 0.1) is 5.82 Å². The van der Waals surface area contributed by atoms with Gasteiger partial charge in [0.15, 0.2) is 0 Å². The molecule has 1 heterocycles. The standard InChI is InChI=1S/C17H15FN2O2/c1-22-13-4-2-3-11(9-13)14-6-5-12(10-15(14)18)16-7-8-17(21)20-19-16/h2-6,9-10H,7-8H2,1H3,(H,20,21). The van der Waals surface area contributed by atoms with Crippen LogP contribution in [0.15, 0.2) is 47.6 Å². The number of hydrogen-bond donors (Lipinski definition) is 1. The zero-order valence-electron chi connectivity index (χ0n) is 12.1. The van der Waals surface area contributed by atoms with Crippen molar-refractivity contribution in [1.29, 1.82) is 0 Å². The SMILES string of the molecule is COc1cccc(-c2ccc(C3=NNC(=O)CC3)cc2F)c1. The van der Waals surface area contributed by atoms with Crippen LogP contribution in [0.4, 0.5) is 4.39 Å². The van der Waals surface area contributed by atoms with Crippen LogP contribution in [0.1, 0.15) is 18.4 Å². The lowest BCUT2D eigenvalue weighted by atomic mass is 9.99. The molecule has 112 valence electrons. The molecule has 0 spiro atoms. The summed E-state index contributed by atoms with van der Waals surface area (Å²) in [6, 6.07) is 12.2. The van der Waals surface area contributed by atoms with Crippen molar-refractivity contribution < 1.29 is 13.9 Å². The molecule has 5 heteroatoms. The molecule has 0 radical (unpaired) electrons. The van der Waals surface area contributed by atoms with Crippen molar-refractivity contribution in [3.8, 4) is 16.9 Å². The number of amides is 1. The minimum atomic E-state index is -0.328. The Bertz CT molecular complexity index is 756. The molecule has 3 rings (SSSR count). The van der Waals surface area contributed by atoms with Gasteiger partial charge in [0.1, 0.15) is 11.6 Å². The van der Waals surface area contributed by atoms with Crippen LogP contribution in [0.5, 0.6) is 5.75 Å². The average molecular weight is 298 g/mol. The molecular formula is C17H15FN2O2. The van der Waals surface area contributed by atoms with Gasteiger partial charge in [0, 0.05) is 24.0 Å². The van der Waals surface area contributed by atoms with Crippen LogP contribution >= 0.6 is 0 Å². The molecule has 2 aromatic rings. The molecule has 0 fully saturated rings. The maximum Gasteiger partial charge on any atom is 0.240 e. The Morgan fingerprint density at radius 2 is 2.00 bits per heavy atom. The molecule has 4 nitrogen and oxygen atoms in total. The van der Waals surface area contributed by atoms with Crippen molar-refractivity contribution in [2.45, 2.75) is 12.8 Å². The fraction of sp³-hybridized carbons (Fsp3) is 0.176. The van der Waals surface area contributed by atoms with E-state index in [-0.39, 0.29) is 11.7 Å². The summed E-state index contributed by atoms with van der Waals surface area (Å²) in [5.74, 6) is 0.239. The normalized spacial score (nSPS) is 14.3. The summed E-state index contributed by atoms with van der Waals surface area (Å²) in [6.45, 7) is 0. The van der Waals surface area contributed by atoms with E-state index in [1.807, 2.05) is 24.3 Å². The van der Waals surface area contributed by atoms with Crippen molar-refractivity contribution >= 4 is 11.6 Å². The second-order valence-electron chi connectivity index (χ2n) is 5.02. The summed E-state index contributed by atoms with van der Waals surface area (Å²) < 4.78 is 19.6. The number of methoxy groups -OCH3 is 1. The first kappa shape index (κ1) is 14.3. The van der Waals surface area contributed by atoms with Gasteiger partial charge in [-0.1, -0.05) is 24.3 Å². The topological polar surface area (TPSA) is 50.7 Å². The zero-order chi connectivity index (χ0) is 15.5. The number of hydrogen-bond acceptors (Lipinski definition) is 3. The fourth-order valence-corrected chi connectivity index (χ4v) is 2.40. The van der Waals surface area contributed by atoms with Crippen LogP contribution in [-0.2, 0) is 4.79 Å². The minimum Gasteiger partial charge on any atom is -0.497 e. The van der Waals surface area contributed by atoms with E-state index in [0.717, 1.165) is 5.56 Å². The van der Waals surface area contributed by atoms with E-state index >= 15 is 0 Å². The number of benzene rings is 2. The molecule has 0 unspecified atom stereocenters. The number of halogens is 1. The highest BCUT2D eigenvalue weighted by Gasteiger charge is 2.15. The third kappa shape index (κ3) is 2.83. The summed E-state index contributed by atoms with van der Waals surface area (Å²) >= 11 is 0. The molecule has 0 bridgehead atoms. The summed E-state index contributed by atoms with van der Waals surface area (Å²) in [4.78, 5) is 11.1. The molecule has 22 heavy (non-hydrogen) atoms. The van der Waals surface area contributed by atoms with Gasteiger partial charge in [-0.15, -0.1) is 0 Å². The minimum absolute atomic E-state index is 0.114. The van der Waals surface area contributed by atoms with Gasteiger partial charge in [-0.3, -0.25) is 4.79 Å². The first-order valence-electron chi connectivity index (χ1n) is 6.97. The highest BCUT2D eigenvalue weighted by atomic mass is 19.1. The van der Waals surface area contributed by atoms with Crippen molar-refractivity contribution in [1.82, 2.24) is 5.43 Å². The fourth-order valence-electron chi connectivity index (χ4n) is 2.40. The molecular weight excluding hydrogens is 283 g/mol. The third-order valence-corrected chi connectivity index (χ3v) is 3.59. The number of carbonyl (C=O) groups excluding carboxylic acids is 1. The monoisotopic (exact) mass is 298 g/mol. The largest absolute Gasteiger partial charge is 0.497 e. The Kier molecular flexibility index (Phi) is 3.87. The molecule has 0 saturated carbocycles. The Morgan fingerprint density at radius 1 is 1.14 bits per heavy atom. The van der Waals surface area contributed by atoms with Gasteiger partial charge in [0.25, 0.3) is 0 Å². The van der Waals surface area contributed by atoms with E-state index in [9.17, 15) is 9.18 Å². The van der Waals surface area contributed by atoms with Gasteiger partial charge in [0.05, 0.1) is 12.8 Å². The maximum atomic E-state index is 14.4. The summed E-state index contributed by atoms with van der Waals surface area (Å²) in [5.41, 5.74) is 5.05. The van der Waals surface area contributed by atoms with Crippen molar-refractivity contribution in [2.75, 3.05) is 7.11 Å². The van der Waals surface area contributed by atoms with E-state index in [1.165, 1.54) is 6.07 Å². The van der Waals surface area contributed by atoms with E-state index in [2.05, 4.69) is 10.5 Å². The predicted octanol–water partition coefficient (Wildman–Crippen LogP) is 3.12. The number of ether oxygens (including phenoxy) is 1. The van der Waals surface area contributed by atoms with Crippen LogP contribution in [0.25, 0.3) is 11.1 Å². The average Bonchev–Trinajstić information content (AvgIpc) is 2.55. The first-order valence-corrected chi connectivity index (χ1v) is 6.97. The van der Waals surface area contributed by atoms with E-state index < -0.39 is 0 Å². The Hall–Kier alpha value is -2.69. The molecule has 1 N–H and O–H groups in total. The van der Waals surface area contributed by atoms with Gasteiger partial charge < -0.3 is 4.74 Å². The van der Waals surface area contributed by atoms with Gasteiger partial charge in [-0.25, -0.2) is 9.82 Å². The highest BCUT2D eigenvalue weighted by molar-refractivity contribution is 6.04. The molecule has 0 aromatic heterocycles. The molecule has 2 aromatic carbocycles. The lowest BCUT2D eigenvalue weighted by molar-refractivity contribution is -0.121. The van der Waals surface area contributed by atoms with Crippen molar-refractivity contribution in [2.24, 2.45) is 5.10 Å². The van der Waals surface area contributed by atoms with Gasteiger partial charge >= 0.3 is 0 Å². The van der Waals surface area contributed by atoms with Crippen LogP contribution in [-0.4, -0.2) is 18.7 Å². The van der Waals surface area contributed by atoms with Gasteiger partial charge in [-0.2, -0.15) is 5.10 Å². The number of rotatable bonds is 3. The molecule has 1 amide bonds.